The first-order valence-electron chi connectivity index (χ1n) is 6.54. The highest BCUT2D eigenvalue weighted by Crippen LogP contribution is 2.25. The number of aromatic amines is 2. The van der Waals surface area contributed by atoms with Crippen LogP contribution in [-0.4, -0.2) is 15.2 Å². The minimum atomic E-state index is -0.00868. The van der Waals surface area contributed by atoms with Gasteiger partial charge in [-0.1, -0.05) is 32.0 Å². The van der Waals surface area contributed by atoms with Gasteiger partial charge in [-0.05, 0) is 24.1 Å². The number of hydrogen-bond donors (Lipinski definition) is 3. The second-order valence-corrected chi connectivity index (χ2v) is 5.25. The van der Waals surface area contributed by atoms with Crippen LogP contribution >= 0.6 is 0 Å². The summed E-state index contributed by atoms with van der Waals surface area (Å²) in [6.45, 7) is 4.21. The van der Waals surface area contributed by atoms with E-state index in [-0.39, 0.29) is 6.04 Å². The summed E-state index contributed by atoms with van der Waals surface area (Å²) < 4.78 is 0. The number of nitrogens with zero attached hydrogens (tertiary/aromatic N) is 1. The maximum Gasteiger partial charge on any atom is 0.109 e. The number of para-hydroxylation sites is 1. The van der Waals surface area contributed by atoms with Gasteiger partial charge < -0.3 is 10.7 Å². The molecule has 19 heavy (non-hydrogen) atoms. The number of fused-ring (bicyclic) bond motifs is 1. The van der Waals surface area contributed by atoms with E-state index in [4.69, 9.17) is 5.73 Å². The van der Waals surface area contributed by atoms with Gasteiger partial charge in [0.2, 0.25) is 0 Å². The van der Waals surface area contributed by atoms with Crippen LogP contribution in [0.5, 0.6) is 0 Å². The molecule has 2 heterocycles. The molecule has 3 rings (SSSR count). The molecule has 1 atom stereocenters. The number of rotatable bonds is 3. The minimum absolute atomic E-state index is 0.00868. The normalized spacial score (nSPS) is 13.3. The molecule has 98 valence electrons. The molecule has 0 aliphatic heterocycles. The minimum Gasteiger partial charge on any atom is -0.353 e. The Labute approximate surface area is 112 Å². The van der Waals surface area contributed by atoms with Crippen LogP contribution in [0.3, 0.4) is 0 Å². The van der Waals surface area contributed by atoms with Crippen molar-refractivity contribution in [1.82, 2.24) is 15.2 Å². The Morgan fingerprint density at radius 1 is 1.16 bits per heavy atom. The smallest absolute Gasteiger partial charge is 0.109 e. The lowest BCUT2D eigenvalue weighted by Crippen LogP contribution is -2.16. The molecule has 0 radical (unpaired) electrons. The zero-order chi connectivity index (χ0) is 13.4. The highest BCUT2D eigenvalue weighted by atomic mass is 15.1. The first kappa shape index (κ1) is 12.0. The van der Waals surface area contributed by atoms with Crippen molar-refractivity contribution in [3.05, 3.63) is 42.1 Å². The fourth-order valence-electron chi connectivity index (χ4n) is 2.22. The van der Waals surface area contributed by atoms with Crippen LogP contribution in [0.2, 0.25) is 0 Å². The van der Waals surface area contributed by atoms with E-state index in [9.17, 15) is 0 Å². The van der Waals surface area contributed by atoms with Crippen molar-refractivity contribution in [2.45, 2.75) is 19.9 Å². The molecule has 0 unspecified atom stereocenters. The van der Waals surface area contributed by atoms with Crippen LogP contribution in [-0.2, 0) is 0 Å². The zero-order valence-corrected chi connectivity index (χ0v) is 11.1. The summed E-state index contributed by atoms with van der Waals surface area (Å²) in [7, 11) is 0. The lowest BCUT2D eigenvalue weighted by molar-refractivity contribution is 0.502. The molecule has 0 saturated carbocycles. The van der Waals surface area contributed by atoms with Crippen molar-refractivity contribution in [3.63, 3.8) is 0 Å². The van der Waals surface area contributed by atoms with E-state index in [1.165, 1.54) is 5.39 Å². The van der Waals surface area contributed by atoms with Crippen molar-refractivity contribution < 1.29 is 0 Å². The molecule has 4 heteroatoms. The second kappa shape index (κ2) is 4.55. The molecule has 0 aliphatic carbocycles. The Kier molecular flexibility index (Phi) is 2.87. The predicted molar refractivity (Wildman–Crippen MR) is 77.6 cm³/mol. The number of benzene rings is 1. The van der Waals surface area contributed by atoms with Crippen molar-refractivity contribution in [2.75, 3.05) is 0 Å². The Bertz CT molecular complexity index is 660. The topological polar surface area (TPSA) is 70.5 Å². The van der Waals surface area contributed by atoms with Gasteiger partial charge in [0.25, 0.3) is 0 Å². The Morgan fingerprint density at radius 2 is 1.95 bits per heavy atom. The van der Waals surface area contributed by atoms with Gasteiger partial charge in [-0.2, -0.15) is 5.10 Å². The first-order chi connectivity index (χ1) is 9.15. The maximum atomic E-state index is 6.12. The summed E-state index contributed by atoms with van der Waals surface area (Å²) in [5, 5.41) is 8.57. The Balaban J connectivity index is 1.98. The number of hydrogen-bond acceptors (Lipinski definition) is 2. The summed E-state index contributed by atoms with van der Waals surface area (Å²) in [6, 6.07) is 12.3. The van der Waals surface area contributed by atoms with Crippen molar-refractivity contribution in [3.8, 4) is 11.4 Å². The quantitative estimate of drug-likeness (QED) is 0.671. The van der Waals surface area contributed by atoms with Gasteiger partial charge >= 0.3 is 0 Å². The van der Waals surface area contributed by atoms with Crippen LogP contribution in [0, 0.1) is 5.92 Å². The molecule has 3 aromatic rings. The summed E-state index contributed by atoms with van der Waals surface area (Å²) in [4.78, 5) is 3.37. The molecule has 1 aromatic carbocycles. The number of aromatic nitrogens is 3. The van der Waals surface area contributed by atoms with E-state index in [0.29, 0.717) is 5.92 Å². The van der Waals surface area contributed by atoms with Crippen molar-refractivity contribution in [2.24, 2.45) is 11.7 Å². The van der Waals surface area contributed by atoms with Crippen LogP contribution in [0.4, 0.5) is 0 Å². The molecule has 0 aliphatic rings. The van der Waals surface area contributed by atoms with Gasteiger partial charge in [0.15, 0.2) is 0 Å². The average molecular weight is 254 g/mol. The summed E-state index contributed by atoms with van der Waals surface area (Å²) in [5.41, 5.74) is 10.1. The standard InChI is InChI=1S/C15H18N4/c1-9(2)15(16)14-8-13(18-19-14)12-7-10-5-3-4-6-11(10)17-12/h3-9,15,17H,16H2,1-2H3,(H,18,19)/t15-/m0/s1. The summed E-state index contributed by atoms with van der Waals surface area (Å²) >= 11 is 0. The monoisotopic (exact) mass is 254 g/mol. The van der Waals surface area contributed by atoms with Gasteiger partial charge in [-0.3, -0.25) is 5.10 Å². The molecular weight excluding hydrogens is 236 g/mol. The van der Waals surface area contributed by atoms with Gasteiger partial charge in [-0.15, -0.1) is 0 Å². The van der Waals surface area contributed by atoms with E-state index in [1.54, 1.807) is 0 Å². The number of nitrogens with one attached hydrogen (secondary N) is 2. The number of nitrogens with two attached hydrogens (primary N) is 1. The third-order valence-corrected chi connectivity index (χ3v) is 3.48. The largest absolute Gasteiger partial charge is 0.353 e. The van der Waals surface area contributed by atoms with E-state index in [2.05, 4.69) is 47.2 Å². The Hall–Kier alpha value is -2.07. The third kappa shape index (κ3) is 2.15. The van der Waals surface area contributed by atoms with E-state index in [0.717, 1.165) is 22.6 Å². The fraction of sp³-hybridized carbons (Fsp3) is 0.267. The van der Waals surface area contributed by atoms with Gasteiger partial charge in [-0.25, -0.2) is 0 Å². The molecule has 0 spiro atoms. The van der Waals surface area contributed by atoms with Crippen LogP contribution in [0.15, 0.2) is 36.4 Å². The van der Waals surface area contributed by atoms with E-state index >= 15 is 0 Å². The van der Waals surface area contributed by atoms with Crippen molar-refractivity contribution in [1.29, 1.82) is 0 Å². The molecule has 0 amide bonds. The second-order valence-electron chi connectivity index (χ2n) is 5.25. The highest BCUT2D eigenvalue weighted by Gasteiger charge is 2.14. The fourth-order valence-corrected chi connectivity index (χ4v) is 2.22. The zero-order valence-electron chi connectivity index (χ0n) is 11.1. The predicted octanol–water partition coefficient (Wildman–Crippen LogP) is 3.21. The molecular formula is C15H18N4. The molecule has 4 nitrogen and oxygen atoms in total. The average Bonchev–Trinajstić information content (AvgIpc) is 3.03. The molecule has 2 aromatic heterocycles. The molecule has 0 saturated heterocycles. The Morgan fingerprint density at radius 3 is 2.68 bits per heavy atom. The van der Waals surface area contributed by atoms with Crippen LogP contribution in [0.1, 0.15) is 25.6 Å². The lowest BCUT2D eigenvalue weighted by Gasteiger charge is -2.12. The molecule has 4 N–H and O–H groups in total. The molecule has 0 fully saturated rings. The summed E-state index contributed by atoms with van der Waals surface area (Å²) in [5.74, 6) is 0.385. The van der Waals surface area contributed by atoms with E-state index < -0.39 is 0 Å². The number of H-pyrrole nitrogens is 2. The SMILES string of the molecule is CC(C)[C@H](N)c1cc(-c2cc3ccccc3[nH]2)n[nH]1. The van der Waals surface area contributed by atoms with Crippen LogP contribution < -0.4 is 5.73 Å². The molecule has 0 bridgehead atoms. The first-order valence-corrected chi connectivity index (χ1v) is 6.54. The van der Waals surface area contributed by atoms with Crippen LogP contribution in [0.25, 0.3) is 22.3 Å². The third-order valence-electron chi connectivity index (χ3n) is 3.48. The highest BCUT2D eigenvalue weighted by molar-refractivity contribution is 5.85. The van der Waals surface area contributed by atoms with Gasteiger partial charge in [0.1, 0.15) is 5.69 Å². The van der Waals surface area contributed by atoms with Crippen molar-refractivity contribution >= 4 is 10.9 Å². The van der Waals surface area contributed by atoms with Gasteiger partial charge in [0, 0.05) is 16.9 Å². The maximum absolute atomic E-state index is 6.12. The summed E-state index contributed by atoms with van der Waals surface area (Å²) in [6.07, 6.45) is 0. The lowest BCUT2D eigenvalue weighted by atomic mass is 10.0. The van der Waals surface area contributed by atoms with Gasteiger partial charge in [0.05, 0.1) is 11.4 Å². The van der Waals surface area contributed by atoms with E-state index in [1.807, 2.05) is 18.2 Å².